The Labute approximate surface area is 219 Å². The molecule has 0 amide bonds. The zero-order valence-corrected chi connectivity index (χ0v) is 22.4. The number of benzene rings is 3. The lowest BCUT2D eigenvalue weighted by molar-refractivity contribution is 0.130. The van der Waals surface area contributed by atoms with Gasteiger partial charge in [-0.15, -0.1) is 0 Å². The molecule has 4 rings (SSSR count). The summed E-state index contributed by atoms with van der Waals surface area (Å²) in [7, 11) is -3.61. The number of hydrogen-bond donors (Lipinski definition) is 3. The first-order valence-electron chi connectivity index (χ1n) is 12.5. The van der Waals surface area contributed by atoms with Gasteiger partial charge in [-0.1, -0.05) is 24.3 Å². The second-order valence-electron chi connectivity index (χ2n) is 9.79. The van der Waals surface area contributed by atoms with Gasteiger partial charge < -0.3 is 15.4 Å². The first-order valence-corrected chi connectivity index (χ1v) is 14.0. The van der Waals surface area contributed by atoms with Crippen molar-refractivity contribution in [2.75, 3.05) is 17.4 Å². The van der Waals surface area contributed by atoms with Gasteiger partial charge in [-0.3, -0.25) is 15.1 Å². The fourth-order valence-electron chi connectivity index (χ4n) is 4.50. The minimum absolute atomic E-state index is 0.00554. The molecule has 1 fully saturated rings. The van der Waals surface area contributed by atoms with E-state index in [-0.39, 0.29) is 18.5 Å². The van der Waals surface area contributed by atoms with Crippen molar-refractivity contribution >= 4 is 38.2 Å². The van der Waals surface area contributed by atoms with Crippen LogP contribution in [0.3, 0.4) is 0 Å². The maximum absolute atomic E-state index is 13.4. The molecule has 0 saturated carbocycles. The third-order valence-corrected chi connectivity index (χ3v) is 8.93. The van der Waals surface area contributed by atoms with Gasteiger partial charge in [0.2, 0.25) is 10.0 Å². The minimum Gasteiger partial charge on any atom is -0.490 e. The Morgan fingerprint density at radius 1 is 1.03 bits per heavy atom. The highest BCUT2D eigenvalue weighted by Gasteiger charge is 2.27. The van der Waals surface area contributed by atoms with Crippen molar-refractivity contribution in [2.24, 2.45) is 5.73 Å². The van der Waals surface area contributed by atoms with E-state index in [9.17, 15) is 8.42 Å². The minimum atomic E-state index is -3.61. The number of amidine groups is 2. The monoisotopic (exact) mass is 521 g/mol. The fourth-order valence-corrected chi connectivity index (χ4v) is 5.76. The molecule has 0 radical (unpaired) electrons. The SMILES string of the molecule is CC(=N)N1CCC(Oc2ccc(N(Cc3ccc4ccc(C(=N)N)cc4c3)S(=O)(=O)C(C)C)cc2)CC1. The van der Waals surface area contributed by atoms with Gasteiger partial charge in [0.15, 0.2) is 0 Å². The van der Waals surface area contributed by atoms with E-state index in [1.54, 1.807) is 32.9 Å². The molecule has 0 spiro atoms. The van der Waals surface area contributed by atoms with E-state index in [1.165, 1.54) is 4.31 Å². The van der Waals surface area contributed by atoms with Gasteiger partial charge in [-0.2, -0.15) is 0 Å². The van der Waals surface area contributed by atoms with Crippen molar-refractivity contribution in [1.29, 1.82) is 10.8 Å². The fraction of sp³-hybridized carbons (Fsp3) is 0.357. The van der Waals surface area contributed by atoms with Gasteiger partial charge >= 0.3 is 0 Å². The molecule has 9 heteroatoms. The summed E-state index contributed by atoms with van der Waals surface area (Å²) in [5, 5.41) is 16.8. The molecule has 4 N–H and O–H groups in total. The van der Waals surface area contributed by atoms with Crippen molar-refractivity contribution < 1.29 is 13.2 Å². The maximum atomic E-state index is 13.4. The Morgan fingerprint density at radius 3 is 2.27 bits per heavy atom. The third kappa shape index (κ3) is 6.05. The van der Waals surface area contributed by atoms with E-state index in [2.05, 4.69) is 0 Å². The van der Waals surface area contributed by atoms with E-state index in [0.29, 0.717) is 22.8 Å². The molecule has 0 unspecified atom stereocenters. The van der Waals surface area contributed by atoms with Crippen molar-refractivity contribution in [3.63, 3.8) is 0 Å². The zero-order chi connectivity index (χ0) is 26.7. The van der Waals surface area contributed by atoms with E-state index < -0.39 is 15.3 Å². The number of nitrogens with zero attached hydrogens (tertiary/aromatic N) is 2. The van der Waals surface area contributed by atoms with Crippen LogP contribution in [0.5, 0.6) is 5.75 Å². The number of hydrogen-bond acceptors (Lipinski definition) is 5. The average molecular weight is 522 g/mol. The molecule has 0 atom stereocenters. The van der Waals surface area contributed by atoms with Crippen LogP contribution < -0.4 is 14.8 Å². The van der Waals surface area contributed by atoms with Crippen molar-refractivity contribution in [3.8, 4) is 5.75 Å². The summed E-state index contributed by atoms with van der Waals surface area (Å²) in [4.78, 5) is 2.05. The molecule has 1 heterocycles. The summed E-state index contributed by atoms with van der Waals surface area (Å²) in [6.07, 6.45) is 1.77. The van der Waals surface area contributed by atoms with Gasteiger partial charge in [0.05, 0.1) is 23.3 Å². The highest BCUT2D eigenvalue weighted by molar-refractivity contribution is 7.93. The van der Waals surface area contributed by atoms with E-state index in [1.807, 2.05) is 53.4 Å². The van der Waals surface area contributed by atoms with Crippen LogP contribution >= 0.6 is 0 Å². The molecule has 196 valence electrons. The molecule has 37 heavy (non-hydrogen) atoms. The molecule has 1 aliphatic rings. The molecule has 3 aromatic rings. The lowest BCUT2D eigenvalue weighted by Gasteiger charge is -2.33. The van der Waals surface area contributed by atoms with Crippen LogP contribution in [0, 0.1) is 10.8 Å². The lowest BCUT2D eigenvalue weighted by Crippen LogP contribution is -2.40. The number of likely N-dealkylation sites (tertiary alicyclic amines) is 1. The number of fused-ring (bicyclic) bond motifs is 1. The maximum Gasteiger partial charge on any atom is 0.237 e. The summed E-state index contributed by atoms with van der Waals surface area (Å²) >= 11 is 0. The predicted octanol–water partition coefficient (Wildman–Crippen LogP) is 4.71. The van der Waals surface area contributed by atoms with Gasteiger partial charge in [-0.05, 0) is 73.5 Å². The number of ether oxygens (including phenoxy) is 1. The molecule has 3 aromatic carbocycles. The molecule has 0 bridgehead atoms. The average Bonchev–Trinajstić information content (AvgIpc) is 2.87. The van der Waals surface area contributed by atoms with Crippen molar-refractivity contribution in [1.82, 2.24) is 4.90 Å². The standard InChI is InChI=1S/C28H35N5O3S/c1-19(2)37(34,35)33(18-21-4-5-22-6-7-23(28(30)31)17-24(22)16-21)25-8-10-26(11-9-25)36-27-12-14-32(15-13-27)20(3)29/h4-11,16-17,19,27,29H,12-15,18H2,1-3H3,(H3,30,31). The zero-order valence-electron chi connectivity index (χ0n) is 21.6. The number of nitrogens with one attached hydrogen (secondary N) is 2. The van der Waals surface area contributed by atoms with Gasteiger partial charge in [0.25, 0.3) is 0 Å². The number of sulfonamides is 1. The first kappa shape index (κ1) is 26.5. The van der Waals surface area contributed by atoms with Crippen LogP contribution in [-0.4, -0.2) is 49.4 Å². The molecular weight excluding hydrogens is 486 g/mol. The summed E-state index contributed by atoms with van der Waals surface area (Å²) in [6.45, 7) is 6.96. The van der Waals surface area contributed by atoms with Crippen LogP contribution in [-0.2, 0) is 16.6 Å². The number of piperidine rings is 1. The Kier molecular flexibility index (Phi) is 7.73. The van der Waals surface area contributed by atoms with Crippen molar-refractivity contribution in [3.05, 3.63) is 71.8 Å². The Morgan fingerprint density at radius 2 is 1.68 bits per heavy atom. The summed E-state index contributed by atoms with van der Waals surface area (Å²) in [5.74, 6) is 1.28. The topological polar surface area (TPSA) is 124 Å². The summed E-state index contributed by atoms with van der Waals surface area (Å²) in [5.41, 5.74) is 7.70. The Bertz CT molecular complexity index is 1400. The smallest absolute Gasteiger partial charge is 0.237 e. The van der Waals surface area contributed by atoms with E-state index in [4.69, 9.17) is 21.3 Å². The Hall–Kier alpha value is -3.59. The van der Waals surface area contributed by atoms with Crippen molar-refractivity contribution in [2.45, 2.75) is 51.5 Å². The summed E-state index contributed by atoms with van der Waals surface area (Å²) < 4.78 is 34.3. The first-order chi connectivity index (χ1) is 17.5. The second kappa shape index (κ2) is 10.8. The molecule has 1 aliphatic heterocycles. The van der Waals surface area contributed by atoms with Gasteiger partial charge in [0.1, 0.15) is 17.7 Å². The van der Waals surface area contributed by atoms with Crippen LogP contribution in [0.2, 0.25) is 0 Å². The number of nitrogens with two attached hydrogens (primary N) is 1. The molecular formula is C28H35N5O3S. The Balaban J connectivity index is 1.56. The summed E-state index contributed by atoms with van der Waals surface area (Å²) in [6, 6.07) is 18.6. The third-order valence-electron chi connectivity index (χ3n) is 6.79. The predicted molar refractivity (Wildman–Crippen MR) is 150 cm³/mol. The highest BCUT2D eigenvalue weighted by atomic mass is 32.2. The highest BCUT2D eigenvalue weighted by Crippen LogP contribution is 2.28. The molecule has 8 nitrogen and oxygen atoms in total. The molecule has 0 aromatic heterocycles. The molecule has 0 aliphatic carbocycles. The van der Waals surface area contributed by atoms with Crippen LogP contribution in [0.4, 0.5) is 5.69 Å². The number of nitrogen functional groups attached to an aromatic ring is 1. The quantitative estimate of drug-likeness (QED) is 0.293. The van der Waals surface area contributed by atoms with Gasteiger partial charge in [-0.25, -0.2) is 8.42 Å². The number of rotatable bonds is 8. The second-order valence-corrected chi connectivity index (χ2v) is 12.2. The lowest BCUT2D eigenvalue weighted by atomic mass is 10.0. The van der Waals surface area contributed by atoms with E-state index >= 15 is 0 Å². The molecule has 1 saturated heterocycles. The normalized spacial score (nSPS) is 14.6. The van der Waals surface area contributed by atoms with Crippen LogP contribution in [0.1, 0.15) is 44.7 Å². The van der Waals surface area contributed by atoms with Crippen LogP contribution in [0.25, 0.3) is 10.8 Å². The van der Waals surface area contributed by atoms with Gasteiger partial charge in [0, 0.05) is 31.5 Å². The number of anilines is 1. The largest absolute Gasteiger partial charge is 0.490 e. The van der Waals surface area contributed by atoms with E-state index in [0.717, 1.165) is 42.3 Å². The van der Waals surface area contributed by atoms with Crippen LogP contribution in [0.15, 0.2) is 60.7 Å².